The highest BCUT2D eigenvalue weighted by atomic mass is 16.1. The first-order valence-corrected chi connectivity index (χ1v) is 4.80. The monoisotopic (exact) mass is 174 g/mol. The van der Waals surface area contributed by atoms with Crippen LogP contribution in [0.25, 0.3) is 0 Å². The zero-order chi connectivity index (χ0) is 9.31. The van der Waals surface area contributed by atoms with Gasteiger partial charge >= 0.3 is 0 Å². The highest BCUT2D eigenvalue weighted by Crippen LogP contribution is 2.53. The summed E-state index contributed by atoms with van der Waals surface area (Å²) in [6, 6.07) is 10.4. The van der Waals surface area contributed by atoms with Crippen LogP contribution in [0.3, 0.4) is 0 Å². The Balaban J connectivity index is 2.31. The Morgan fingerprint density at radius 1 is 1.31 bits per heavy atom. The maximum Gasteiger partial charge on any atom is 0.123 e. The minimum atomic E-state index is 0.162. The van der Waals surface area contributed by atoms with Crippen molar-refractivity contribution in [3.8, 4) is 0 Å². The van der Waals surface area contributed by atoms with Gasteiger partial charge in [-0.05, 0) is 18.4 Å². The molecule has 1 heteroatoms. The van der Waals surface area contributed by atoms with E-state index in [1.54, 1.807) is 0 Å². The van der Waals surface area contributed by atoms with Crippen LogP contribution >= 0.6 is 0 Å². The van der Waals surface area contributed by atoms with Gasteiger partial charge in [-0.25, -0.2) is 0 Å². The summed E-state index contributed by atoms with van der Waals surface area (Å²) >= 11 is 0. The van der Waals surface area contributed by atoms with Crippen LogP contribution in [0.5, 0.6) is 0 Å². The molecule has 1 aromatic rings. The van der Waals surface area contributed by atoms with Gasteiger partial charge in [-0.3, -0.25) is 0 Å². The van der Waals surface area contributed by atoms with Crippen LogP contribution in [0, 0.1) is 5.92 Å². The van der Waals surface area contributed by atoms with Crippen LogP contribution in [-0.2, 0) is 10.2 Å². The molecule has 1 aromatic carbocycles. The minimum absolute atomic E-state index is 0.162. The fraction of sp³-hybridized carbons (Fsp3) is 0.417. The summed E-state index contributed by atoms with van der Waals surface area (Å²) in [5, 5.41) is 0. The second-order valence-electron chi connectivity index (χ2n) is 3.95. The van der Waals surface area contributed by atoms with Crippen LogP contribution < -0.4 is 0 Å². The molecular weight excluding hydrogens is 160 g/mol. The summed E-state index contributed by atoms with van der Waals surface area (Å²) in [4.78, 5) is 10.8. The normalized spacial score (nSPS) is 20.7. The van der Waals surface area contributed by atoms with Crippen molar-refractivity contribution in [1.29, 1.82) is 0 Å². The van der Waals surface area contributed by atoms with Crippen molar-refractivity contribution in [2.24, 2.45) is 5.92 Å². The van der Waals surface area contributed by atoms with Gasteiger partial charge in [-0.2, -0.15) is 0 Å². The highest BCUT2D eigenvalue weighted by Gasteiger charge is 2.48. The summed E-state index contributed by atoms with van der Waals surface area (Å²) in [5.74, 6) is 0.162. The predicted molar refractivity (Wildman–Crippen MR) is 52.6 cm³/mol. The molecule has 0 bridgehead atoms. The first-order valence-electron chi connectivity index (χ1n) is 4.80. The van der Waals surface area contributed by atoms with Crippen LogP contribution in [0.2, 0.25) is 0 Å². The molecule has 0 heterocycles. The molecular formula is C12H14O. The lowest BCUT2D eigenvalue weighted by Crippen LogP contribution is -2.18. The van der Waals surface area contributed by atoms with E-state index in [0.29, 0.717) is 0 Å². The quantitative estimate of drug-likeness (QED) is 0.643. The van der Waals surface area contributed by atoms with Gasteiger partial charge in [0.25, 0.3) is 0 Å². The standard InChI is InChI=1S/C12H14O/c1-10(9-13)12(7-8-12)11-5-3-2-4-6-11/h2-6,9-10H,7-8H2,1H3. The van der Waals surface area contributed by atoms with Crippen molar-refractivity contribution < 1.29 is 4.79 Å². The Hall–Kier alpha value is -1.11. The van der Waals surface area contributed by atoms with Crippen LogP contribution in [0.1, 0.15) is 25.3 Å². The minimum Gasteiger partial charge on any atom is -0.303 e. The molecule has 0 saturated heterocycles. The number of benzene rings is 1. The molecule has 1 fully saturated rings. The molecule has 0 amide bonds. The molecule has 0 radical (unpaired) electrons. The summed E-state index contributed by atoms with van der Waals surface area (Å²) in [7, 11) is 0. The molecule has 0 aromatic heterocycles. The van der Waals surface area contributed by atoms with Gasteiger partial charge in [-0.15, -0.1) is 0 Å². The Kier molecular flexibility index (Phi) is 1.95. The summed E-state index contributed by atoms with van der Waals surface area (Å²) < 4.78 is 0. The molecule has 13 heavy (non-hydrogen) atoms. The lowest BCUT2D eigenvalue weighted by Gasteiger charge is -2.18. The van der Waals surface area contributed by atoms with E-state index >= 15 is 0 Å². The average Bonchev–Trinajstić information content (AvgIpc) is 2.99. The van der Waals surface area contributed by atoms with E-state index in [0.717, 1.165) is 19.1 Å². The second kappa shape index (κ2) is 2.99. The van der Waals surface area contributed by atoms with Gasteiger partial charge in [0.05, 0.1) is 0 Å². The molecule has 1 unspecified atom stereocenters. The molecule has 0 aliphatic heterocycles. The van der Waals surface area contributed by atoms with E-state index in [-0.39, 0.29) is 11.3 Å². The maximum atomic E-state index is 10.8. The molecule has 0 spiro atoms. The maximum absolute atomic E-state index is 10.8. The molecule has 1 atom stereocenters. The molecule has 1 aliphatic rings. The summed E-state index contributed by atoms with van der Waals surface area (Å²) in [5.41, 5.74) is 1.51. The molecule has 0 N–H and O–H groups in total. The van der Waals surface area contributed by atoms with Crippen LogP contribution in [-0.4, -0.2) is 6.29 Å². The number of hydrogen-bond acceptors (Lipinski definition) is 1. The first kappa shape index (κ1) is 8.49. The Morgan fingerprint density at radius 2 is 1.92 bits per heavy atom. The first-order chi connectivity index (χ1) is 6.29. The van der Waals surface area contributed by atoms with Gasteiger partial charge in [0.2, 0.25) is 0 Å². The van der Waals surface area contributed by atoms with Gasteiger partial charge in [0, 0.05) is 11.3 Å². The van der Waals surface area contributed by atoms with Gasteiger partial charge < -0.3 is 4.79 Å². The van der Waals surface area contributed by atoms with Crippen molar-refractivity contribution in [2.75, 3.05) is 0 Å². The number of hydrogen-bond donors (Lipinski definition) is 0. The van der Waals surface area contributed by atoms with Crippen molar-refractivity contribution >= 4 is 6.29 Å². The van der Waals surface area contributed by atoms with Crippen molar-refractivity contribution in [1.82, 2.24) is 0 Å². The van der Waals surface area contributed by atoms with Crippen molar-refractivity contribution in [3.05, 3.63) is 35.9 Å². The van der Waals surface area contributed by atoms with Gasteiger partial charge in [0.1, 0.15) is 6.29 Å². The zero-order valence-electron chi connectivity index (χ0n) is 7.86. The Bertz CT molecular complexity index is 298. The predicted octanol–water partition coefficient (Wildman–Crippen LogP) is 2.55. The Labute approximate surface area is 78.8 Å². The van der Waals surface area contributed by atoms with Crippen molar-refractivity contribution in [3.63, 3.8) is 0 Å². The third-order valence-electron chi connectivity index (χ3n) is 3.21. The SMILES string of the molecule is CC(C=O)C1(c2ccccc2)CC1. The van der Waals surface area contributed by atoms with E-state index in [2.05, 4.69) is 12.1 Å². The average molecular weight is 174 g/mol. The van der Waals surface area contributed by atoms with Gasteiger partial charge in [0.15, 0.2) is 0 Å². The molecule has 1 aliphatic carbocycles. The summed E-state index contributed by atoms with van der Waals surface area (Å²) in [6.07, 6.45) is 3.41. The molecule has 1 saturated carbocycles. The fourth-order valence-electron chi connectivity index (χ4n) is 2.04. The summed E-state index contributed by atoms with van der Waals surface area (Å²) in [6.45, 7) is 2.02. The van der Waals surface area contributed by atoms with Gasteiger partial charge in [-0.1, -0.05) is 37.3 Å². The van der Waals surface area contributed by atoms with E-state index in [1.165, 1.54) is 5.56 Å². The van der Waals surface area contributed by atoms with E-state index < -0.39 is 0 Å². The smallest absolute Gasteiger partial charge is 0.123 e. The highest BCUT2D eigenvalue weighted by molar-refractivity contribution is 5.59. The zero-order valence-corrected chi connectivity index (χ0v) is 7.86. The lowest BCUT2D eigenvalue weighted by atomic mass is 9.85. The number of aldehydes is 1. The van der Waals surface area contributed by atoms with E-state index in [4.69, 9.17) is 0 Å². The number of rotatable bonds is 3. The van der Waals surface area contributed by atoms with E-state index in [9.17, 15) is 4.79 Å². The lowest BCUT2D eigenvalue weighted by molar-refractivity contribution is -0.111. The second-order valence-corrected chi connectivity index (χ2v) is 3.95. The third-order valence-corrected chi connectivity index (χ3v) is 3.21. The van der Waals surface area contributed by atoms with Crippen molar-refractivity contribution in [2.45, 2.75) is 25.2 Å². The third kappa shape index (κ3) is 1.28. The van der Waals surface area contributed by atoms with Crippen LogP contribution in [0.15, 0.2) is 30.3 Å². The molecule has 68 valence electrons. The molecule has 2 rings (SSSR count). The number of carbonyl (C=O) groups is 1. The fourth-order valence-corrected chi connectivity index (χ4v) is 2.04. The topological polar surface area (TPSA) is 17.1 Å². The Morgan fingerprint density at radius 3 is 2.38 bits per heavy atom. The largest absolute Gasteiger partial charge is 0.303 e. The van der Waals surface area contributed by atoms with E-state index in [1.807, 2.05) is 25.1 Å². The number of carbonyl (C=O) groups excluding carboxylic acids is 1. The molecule has 1 nitrogen and oxygen atoms in total. The van der Waals surface area contributed by atoms with Crippen LogP contribution in [0.4, 0.5) is 0 Å².